The van der Waals surface area contributed by atoms with E-state index in [4.69, 9.17) is 5.73 Å². The van der Waals surface area contributed by atoms with Gasteiger partial charge in [-0.05, 0) is 57.7 Å². The SMILES string of the molecule is CC(Cc1ccsc1)NS(=O)(=O)c1cc(CN)sc1Br. The van der Waals surface area contributed by atoms with Gasteiger partial charge in [-0.3, -0.25) is 0 Å². The summed E-state index contributed by atoms with van der Waals surface area (Å²) in [5, 5.41) is 4.01. The summed E-state index contributed by atoms with van der Waals surface area (Å²) >= 11 is 6.25. The number of nitrogens with one attached hydrogen (secondary N) is 1. The standard InChI is InChI=1S/C12H15BrN2O2S3/c1-8(4-9-2-3-18-7-9)15-20(16,17)11-5-10(6-14)19-12(11)13/h2-3,5,7-8,15H,4,6,14H2,1H3. The zero-order valence-corrected chi connectivity index (χ0v) is 14.8. The highest BCUT2D eigenvalue weighted by Gasteiger charge is 2.22. The van der Waals surface area contributed by atoms with Crippen LogP contribution in [0.5, 0.6) is 0 Å². The Kier molecular flexibility index (Phi) is 5.38. The summed E-state index contributed by atoms with van der Waals surface area (Å²) < 4.78 is 28.0. The van der Waals surface area contributed by atoms with E-state index in [1.54, 1.807) is 17.4 Å². The second-order valence-electron chi connectivity index (χ2n) is 4.41. The van der Waals surface area contributed by atoms with Gasteiger partial charge in [-0.1, -0.05) is 0 Å². The van der Waals surface area contributed by atoms with E-state index in [1.165, 1.54) is 11.3 Å². The quantitative estimate of drug-likeness (QED) is 0.790. The fraction of sp³-hybridized carbons (Fsp3) is 0.333. The molecule has 0 saturated heterocycles. The van der Waals surface area contributed by atoms with Crippen molar-refractivity contribution in [2.24, 2.45) is 5.73 Å². The molecule has 3 N–H and O–H groups in total. The first-order valence-corrected chi connectivity index (χ1v) is 9.97. The minimum atomic E-state index is -3.52. The zero-order valence-electron chi connectivity index (χ0n) is 10.8. The Morgan fingerprint density at radius 3 is 2.80 bits per heavy atom. The molecule has 2 aromatic heterocycles. The van der Waals surface area contributed by atoms with Crippen molar-refractivity contribution in [2.75, 3.05) is 0 Å². The van der Waals surface area contributed by atoms with Crippen molar-refractivity contribution in [2.45, 2.75) is 30.8 Å². The van der Waals surface area contributed by atoms with Crippen molar-refractivity contribution < 1.29 is 8.42 Å². The summed E-state index contributed by atoms with van der Waals surface area (Å²) in [5.41, 5.74) is 6.68. The van der Waals surface area contributed by atoms with Crippen LogP contribution >= 0.6 is 38.6 Å². The highest BCUT2D eigenvalue weighted by molar-refractivity contribution is 9.11. The third-order valence-corrected chi connectivity index (χ3v) is 7.27. The van der Waals surface area contributed by atoms with Gasteiger partial charge in [0.1, 0.15) is 4.90 Å². The maximum absolute atomic E-state index is 12.3. The van der Waals surface area contributed by atoms with Gasteiger partial charge in [0, 0.05) is 17.5 Å². The third-order valence-electron chi connectivity index (χ3n) is 2.68. The van der Waals surface area contributed by atoms with Gasteiger partial charge >= 0.3 is 0 Å². The van der Waals surface area contributed by atoms with E-state index < -0.39 is 10.0 Å². The van der Waals surface area contributed by atoms with Crippen molar-refractivity contribution in [3.8, 4) is 0 Å². The van der Waals surface area contributed by atoms with Gasteiger partial charge in [-0.2, -0.15) is 11.3 Å². The molecular weight excluding hydrogens is 380 g/mol. The van der Waals surface area contributed by atoms with Crippen LogP contribution < -0.4 is 10.5 Å². The highest BCUT2D eigenvalue weighted by Crippen LogP contribution is 2.31. The Hall–Kier alpha value is -0.250. The van der Waals surface area contributed by atoms with Crippen molar-refractivity contribution in [1.29, 1.82) is 0 Å². The molecule has 0 fully saturated rings. The largest absolute Gasteiger partial charge is 0.326 e. The number of rotatable bonds is 6. The van der Waals surface area contributed by atoms with Gasteiger partial charge in [0.15, 0.2) is 0 Å². The second kappa shape index (κ2) is 6.67. The first-order chi connectivity index (χ1) is 9.42. The molecule has 1 atom stereocenters. The van der Waals surface area contributed by atoms with Gasteiger partial charge < -0.3 is 5.73 Å². The molecule has 2 heterocycles. The van der Waals surface area contributed by atoms with Crippen LogP contribution in [0.3, 0.4) is 0 Å². The van der Waals surface area contributed by atoms with Crippen LogP contribution in [0.25, 0.3) is 0 Å². The van der Waals surface area contributed by atoms with Crippen molar-refractivity contribution in [3.63, 3.8) is 0 Å². The number of hydrogen-bond acceptors (Lipinski definition) is 5. The lowest BCUT2D eigenvalue weighted by molar-refractivity contribution is 0.560. The first kappa shape index (κ1) is 16.1. The fourth-order valence-corrected chi connectivity index (χ4v) is 6.30. The summed E-state index contributed by atoms with van der Waals surface area (Å²) in [6, 6.07) is 3.46. The summed E-state index contributed by atoms with van der Waals surface area (Å²) in [7, 11) is -3.52. The van der Waals surface area contributed by atoms with Crippen LogP contribution in [0.1, 0.15) is 17.4 Å². The van der Waals surface area contributed by atoms with E-state index in [1.807, 2.05) is 23.8 Å². The zero-order chi connectivity index (χ0) is 14.8. The Morgan fingerprint density at radius 1 is 1.50 bits per heavy atom. The fourth-order valence-electron chi connectivity index (χ4n) is 1.81. The molecule has 2 rings (SSSR count). The van der Waals surface area contributed by atoms with Crippen LogP contribution in [-0.4, -0.2) is 14.5 Å². The van der Waals surface area contributed by atoms with Crippen LogP contribution in [0.4, 0.5) is 0 Å². The molecule has 0 amide bonds. The Balaban J connectivity index is 2.12. The molecule has 0 radical (unpaired) electrons. The predicted octanol–water partition coefficient (Wildman–Crippen LogP) is 2.94. The molecule has 0 aliphatic carbocycles. The Labute approximate surface area is 135 Å². The number of sulfonamides is 1. The molecule has 1 unspecified atom stereocenters. The topological polar surface area (TPSA) is 72.2 Å². The molecule has 0 bridgehead atoms. The summed E-state index contributed by atoms with van der Waals surface area (Å²) in [6.45, 7) is 2.20. The minimum Gasteiger partial charge on any atom is -0.326 e. The monoisotopic (exact) mass is 394 g/mol. The molecule has 0 aliphatic rings. The molecule has 0 aliphatic heterocycles. The lowest BCUT2D eigenvalue weighted by Crippen LogP contribution is -2.34. The molecule has 20 heavy (non-hydrogen) atoms. The first-order valence-electron chi connectivity index (χ1n) is 5.94. The average molecular weight is 395 g/mol. The molecule has 0 aromatic carbocycles. The second-order valence-corrected chi connectivity index (χ2v) is 9.33. The van der Waals surface area contributed by atoms with E-state index in [2.05, 4.69) is 20.7 Å². The molecule has 2 aromatic rings. The van der Waals surface area contributed by atoms with E-state index >= 15 is 0 Å². The van der Waals surface area contributed by atoms with Crippen molar-refractivity contribution in [1.82, 2.24) is 4.72 Å². The summed E-state index contributed by atoms with van der Waals surface area (Å²) in [4.78, 5) is 1.10. The van der Waals surface area contributed by atoms with E-state index in [0.717, 1.165) is 10.4 Å². The maximum Gasteiger partial charge on any atom is 0.242 e. The van der Waals surface area contributed by atoms with Crippen LogP contribution in [-0.2, 0) is 23.0 Å². The molecule has 0 spiro atoms. The third kappa shape index (κ3) is 3.90. The highest BCUT2D eigenvalue weighted by atomic mass is 79.9. The Bertz CT molecular complexity index is 665. The smallest absolute Gasteiger partial charge is 0.242 e. The molecule has 0 saturated carbocycles. The van der Waals surface area contributed by atoms with Gasteiger partial charge in [0.25, 0.3) is 0 Å². The number of thiophene rings is 2. The number of hydrogen-bond donors (Lipinski definition) is 2. The summed E-state index contributed by atoms with van der Waals surface area (Å²) in [5.74, 6) is 0. The number of nitrogens with two attached hydrogens (primary N) is 1. The van der Waals surface area contributed by atoms with Gasteiger partial charge in [-0.25, -0.2) is 13.1 Å². The predicted molar refractivity (Wildman–Crippen MR) is 87.7 cm³/mol. The molecule has 8 heteroatoms. The van der Waals surface area contributed by atoms with Crippen molar-refractivity contribution >= 4 is 48.6 Å². The van der Waals surface area contributed by atoms with Crippen LogP contribution in [0.2, 0.25) is 0 Å². The number of halogens is 1. The van der Waals surface area contributed by atoms with E-state index in [-0.39, 0.29) is 10.9 Å². The Morgan fingerprint density at radius 2 is 2.25 bits per heavy atom. The molecular formula is C12H15BrN2O2S3. The van der Waals surface area contributed by atoms with Crippen molar-refractivity contribution in [3.05, 3.63) is 37.1 Å². The minimum absolute atomic E-state index is 0.164. The normalized spacial score (nSPS) is 13.6. The molecule has 110 valence electrons. The van der Waals surface area contributed by atoms with E-state index in [9.17, 15) is 8.42 Å². The average Bonchev–Trinajstić information content (AvgIpc) is 2.97. The van der Waals surface area contributed by atoms with Crippen LogP contribution in [0, 0.1) is 0 Å². The lowest BCUT2D eigenvalue weighted by Gasteiger charge is -2.13. The maximum atomic E-state index is 12.3. The van der Waals surface area contributed by atoms with Crippen LogP contribution in [0.15, 0.2) is 31.6 Å². The molecule has 4 nitrogen and oxygen atoms in total. The lowest BCUT2D eigenvalue weighted by atomic mass is 10.1. The van der Waals surface area contributed by atoms with Gasteiger partial charge in [0.2, 0.25) is 10.0 Å². The van der Waals surface area contributed by atoms with Gasteiger partial charge in [0.05, 0.1) is 3.79 Å². The summed E-state index contributed by atoms with van der Waals surface area (Å²) in [6.07, 6.45) is 0.675. The van der Waals surface area contributed by atoms with E-state index in [0.29, 0.717) is 16.8 Å². The van der Waals surface area contributed by atoms with Gasteiger partial charge in [-0.15, -0.1) is 11.3 Å².